The zero-order valence-corrected chi connectivity index (χ0v) is 20.0. The summed E-state index contributed by atoms with van der Waals surface area (Å²) in [6, 6.07) is 13.4. The minimum absolute atomic E-state index is 0.0312. The van der Waals surface area contributed by atoms with Crippen LogP contribution in [-0.2, 0) is 5.75 Å². The second kappa shape index (κ2) is 10.3. The topological polar surface area (TPSA) is 61.4 Å². The molecular formula is C23H28ClN4O2S+. The summed E-state index contributed by atoms with van der Waals surface area (Å²) in [5.41, 5.74) is 2.59. The highest BCUT2D eigenvalue weighted by atomic mass is 35.5. The molecule has 0 bridgehead atoms. The second-order valence-corrected chi connectivity index (χ2v) is 8.93. The van der Waals surface area contributed by atoms with Gasteiger partial charge in [-0.2, -0.15) is 0 Å². The Hall–Kier alpha value is -2.35. The van der Waals surface area contributed by atoms with Gasteiger partial charge < -0.3 is 9.64 Å². The van der Waals surface area contributed by atoms with Crippen molar-refractivity contribution in [2.75, 3.05) is 20.7 Å². The van der Waals surface area contributed by atoms with Crippen molar-refractivity contribution in [3.63, 3.8) is 0 Å². The minimum atomic E-state index is 0.0312. The Morgan fingerprint density at radius 2 is 1.90 bits per heavy atom. The number of carbonyl (C=O) groups is 1. The van der Waals surface area contributed by atoms with E-state index in [2.05, 4.69) is 35.8 Å². The molecule has 1 aromatic heterocycles. The van der Waals surface area contributed by atoms with E-state index < -0.39 is 0 Å². The quantitative estimate of drug-likeness (QED) is 0.387. The van der Waals surface area contributed by atoms with E-state index in [9.17, 15) is 4.79 Å². The van der Waals surface area contributed by atoms with Gasteiger partial charge in [-0.15, -0.1) is 10.2 Å². The third-order valence-corrected chi connectivity index (χ3v) is 6.35. The molecule has 164 valence electrons. The number of nitrogens with zero attached hydrogens (tertiary/aromatic N) is 3. The van der Waals surface area contributed by atoms with E-state index in [0.717, 1.165) is 28.0 Å². The summed E-state index contributed by atoms with van der Waals surface area (Å²) >= 11 is 7.67. The SMILES string of the molecule is CCOc1ccc(C(C)=O)cc1CSc1nnc([C@H](C)[NH+](C)C)n1-c1ccc(Cl)cc1. The maximum absolute atomic E-state index is 11.9. The summed E-state index contributed by atoms with van der Waals surface area (Å²) in [5.74, 6) is 2.30. The molecule has 0 aliphatic rings. The Kier molecular flexibility index (Phi) is 7.75. The molecule has 31 heavy (non-hydrogen) atoms. The highest BCUT2D eigenvalue weighted by Crippen LogP contribution is 2.31. The smallest absolute Gasteiger partial charge is 0.196 e. The highest BCUT2D eigenvalue weighted by molar-refractivity contribution is 7.98. The number of Topliss-reactive ketones (excluding diaryl/α,β-unsaturated/α-hetero) is 1. The molecule has 8 heteroatoms. The van der Waals surface area contributed by atoms with Gasteiger partial charge in [0.15, 0.2) is 16.8 Å². The van der Waals surface area contributed by atoms with Crippen molar-refractivity contribution in [2.45, 2.75) is 37.7 Å². The molecule has 1 atom stereocenters. The first-order chi connectivity index (χ1) is 14.8. The van der Waals surface area contributed by atoms with E-state index >= 15 is 0 Å². The molecular weight excluding hydrogens is 432 g/mol. The monoisotopic (exact) mass is 459 g/mol. The number of hydrogen-bond acceptors (Lipinski definition) is 5. The molecule has 0 saturated carbocycles. The lowest BCUT2D eigenvalue weighted by molar-refractivity contribution is -0.890. The van der Waals surface area contributed by atoms with Crippen LogP contribution in [0.25, 0.3) is 5.69 Å². The zero-order valence-electron chi connectivity index (χ0n) is 18.5. The van der Waals surface area contributed by atoms with Crippen LogP contribution in [0.2, 0.25) is 5.02 Å². The standard InChI is InChI=1S/C23H27ClN4O2S/c1-6-30-21-12-7-17(16(3)29)13-18(21)14-31-23-26-25-22(15(2)27(4)5)28(23)20-10-8-19(24)9-11-20/h7-13,15H,6,14H2,1-5H3/p+1/t15-/m0/s1. The van der Waals surface area contributed by atoms with Crippen LogP contribution in [0, 0.1) is 0 Å². The fraction of sp³-hybridized carbons (Fsp3) is 0.348. The molecule has 0 unspecified atom stereocenters. The van der Waals surface area contributed by atoms with Gasteiger partial charge in [0.2, 0.25) is 0 Å². The fourth-order valence-electron chi connectivity index (χ4n) is 3.10. The summed E-state index contributed by atoms with van der Waals surface area (Å²) < 4.78 is 7.85. The maximum Gasteiger partial charge on any atom is 0.196 e. The van der Waals surface area contributed by atoms with E-state index in [1.165, 1.54) is 4.90 Å². The van der Waals surface area contributed by atoms with Crippen LogP contribution in [0.15, 0.2) is 47.6 Å². The van der Waals surface area contributed by atoms with Crippen molar-refractivity contribution in [2.24, 2.45) is 0 Å². The third kappa shape index (κ3) is 5.47. The second-order valence-electron chi connectivity index (χ2n) is 7.55. The number of nitrogens with one attached hydrogen (secondary N) is 1. The lowest BCUT2D eigenvalue weighted by atomic mass is 10.1. The fourth-order valence-corrected chi connectivity index (χ4v) is 4.16. The largest absolute Gasteiger partial charge is 0.494 e. The Morgan fingerprint density at radius 1 is 1.19 bits per heavy atom. The molecule has 0 saturated heterocycles. The summed E-state index contributed by atoms with van der Waals surface area (Å²) in [4.78, 5) is 13.1. The van der Waals surface area contributed by atoms with Gasteiger partial charge >= 0.3 is 0 Å². The lowest BCUT2D eigenvalue weighted by Gasteiger charge is -2.18. The average molecular weight is 460 g/mol. The van der Waals surface area contributed by atoms with Crippen molar-refractivity contribution >= 4 is 29.1 Å². The van der Waals surface area contributed by atoms with E-state index in [0.29, 0.717) is 22.9 Å². The van der Waals surface area contributed by atoms with Crippen LogP contribution in [0.1, 0.15) is 48.6 Å². The van der Waals surface area contributed by atoms with E-state index in [1.807, 2.05) is 43.3 Å². The van der Waals surface area contributed by atoms with Gasteiger partial charge in [-0.1, -0.05) is 23.4 Å². The third-order valence-electron chi connectivity index (χ3n) is 5.12. The van der Waals surface area contributed by atoms with Gasteiger partial charge in [0.05, 0.1) is 20.7 Å². The number of aromatic nitrogens is 3. The number of benzene rings is 2. The molecule has 0 spiro atoms. The molecule has 2 aromatic carbocycles. The summed E-state index contributed by atoms with van der Waals surface area (Å²) in [5, 5.41) is 10.5. The van der Waals surface area contributed by atoms with Crippen molar-refractivity contribution in [3.05, 3.63) is 64.4 Å². The van der Waals surface area contributed by atoms with Crippen LogP contribution in [0.5, 0.6) is 5.75 Å². The number of hydrogen-bond donors (Lipinski definition) is 1. The number of carbonyl (C=O) groups excluding carboxylic acids is 1. The van der Waals surface area contributed by atoms with E-state index in [-0.39, 0.29) is 11.8 Å². The Morgan fingerprint density at radius 3 is 2.52 bits per heavy atom. The molecule has 3 aromatic rings. The average Bonchev–Trinajstić information content (AvgIpc) is 3.16. The van der Waals surface area contributed by atoms with Crippen LogP contribution in [0.3, 0.4) is 0 Å². The first kappa shape index (κ1) is 23.3. The molecule has 0 fully saturated rings. The molecule has 0 aliphatic heterocycles. The van der Waals surface area contributed by atoms with E-state index in [1.54, 1.807) is 24.8 Å². The highest BCUT2D eigenvalue weighted by Gasteiger charge is 2.23. The van der Waals surface area contributed by atoms with Crippen LogP contribution in [0.4, 0.5) is 0 Å². The summed E-state index contributed by atoms with van der Waals surface area (Å²) in [6.45, 7) is 6.21. The van der Waals surface area contributed by atoms with Gasteiger partial charge in [0.1, 0.15) is 11.8 Å². The Bertz CT molecular complexity index is 1050. The van der Waals surface area contributed by atoms with Crippen molar-refractivity contribution < 1.29 is 14.4 Å². The number of thioether (sulfide) groups is 1. The molecule has 0 amide bonds. The number of halogens is 1. The molecule has 3 rings (SSSR count). The van der Waals surface area contributed by atoms with Gasteiger partial charge in [0.25, 0.3) is 0 Å². The molecule has 0 radical (unpaired) electrons. The number of rotatable bonds is 9. The summed E-state index contributed by atoms with van der Waals surface area (Å²) in [7, 11) is 4.19. The van der Waals surface area contributed by atoms with Crippen LogP contribution < -0.4 is 9.64 Å². The number of ether oxygens (including phenoxy) is 1. The summed E-state index contributed by atoms with van der Waals surface area (Å²) in [6.07, 6.45) is 0. The lowest BCUT2D eigenvalue weighted by Crippen LogP contribution is -3.05. The number of quaternary nitrogens is 1. The van der Waals surface area contributed by atoms with Gasteiger partial charge in [-0.25, -0.2) is 0 Å². The molecule has 6 nitrogen and oxygen atoms in total. The van der Waals surface area contributed by atoms with Crippen molar-refractivity contribution in [3.8, 4) is 11.4 Å². The number of ketones is 1. The van der Waals surface area contributed by atoms with Crippen LogP contribution in [-0.4, -0.2) is 41.2 Å². The molecule has 0 aliphatic carbocycles. The van der Waals surface area contributed by atoms with Gasteiger partial charge in [-0.3, -0.25) is 9.36 Å². The Balaban J connectivity index is 1.98. The molecule has 1 N–H and O–H groups in total. The molecule has 1 heterocycles. The minimum Gasteiger partial charge on any atom is -0.494 e. The van der Waals surface area contributed by atoms with Gasteiger partial charge in [0, 0.05) is 27.6 Å². The van der Waals surface area contributed by atoms with E-state index in [4.69, 9.17) is 16.3 Å². The first-order valence-electron chi connectivity index (χ1n) is 10.2. The maximum atomic E-state index is 11.9. The Labute approximate surface area is 192 Å². The van der Waals surface area contributed by atoms with Gasteiger partial charge in [-0.05, 0) is 63.2 Å². The van der Waals surface area contributed by atoms with Crippen molar-refractivity contribution in [1.82, 2.24) is 14.8 Å². The zero-order chi connectivity index (χ0) is 22.5. The van der Waals surface area contributed by atoms with Crippen LogP contribution >= 0.6 is 23.4 Å². The predicted molar refractivity (Wildman–Crippen MR) is 125 cm³/mol. The van der Waals surface area contributed by atoms with Crippen molar-refractivity contribution in [1.29, 1.82) is 0 Å². The normalized spacial score (nSPS) is 12.2. The first-order valence-corrected chi connectivity index (χ1v) is 11.6. The predicted octanol–water partition coefficient (Wildman–Crippen LogP) is 4.02.